The lowest BCUT2D eigenvalue weighted by Crippen LogP contribution is -2.14. The van der Waals surface area contributed by atoms with Gasteiger partial charge in [0.05, 0.1) is 5.56 Å². The van der Waals surface area contributed by atoms with E-state index in [1.165, 1.54) is 12.1 Å². The lowest BCUT2D eigenvalue weighted by molar-refractivity contribution is 0.0461. The van der Waals surface area contributed by atoms with Crippen molar-refractivity contribution in [3.63, 3.8) is 0 Å². The van der Waals surface area contributed by atoms with Gasteiger partial charge in [0.15, 0.2) is 12.4 Å². The highest BCUT2D eigenvalue weighted by Crippen LogP contribution is 2.19. The van der Waals surface area contributed by atoms with Crippen molar-refractivity contribution in [3.8, 4) is 0 Å². The fourth-order valence-corrected chi connectivity index (χ4v) is 2.64. The number of benzene rings is 1. The van der Waals surface area contributed by atoms with Crippen molar-refractivity contribution in [1.29, 1.82) is 0 Å². The molecule has 0 aliphatic carbocycles. The second-order valence-corrected chi connectivity index (χ2v) is 6.06. The van der Waals surface area contributed by atoms with Crippen LogP contribution < -0.4 is 16.6 Å². The first-order valence-electron chi connectivity index (χ1n) is 8.68. The molecule has 4 N–H and O–H groups in total. The average molecular weight is 380 g/mol. The van der Waals surface area contributed by atoms with Crippen LogP contribution in [0, 0.1) is 6.92 Å². The molecule has 1 aromatic carbocycles. The predicted molar refractivity (Wildman–Crippen MR) is 104 cm³/mol. The number of aryl methyl sites for hydroxylation is 2. The van der Waals surface area contributed by atoms with Gasteiger partial charge in [-0.15, -0.1) is 0 Å². The quantitative estimate of drug-likeness (QED) is 0.553. The Labute approximate surface area is 161 Å². The SMILES string of the molecule is CCc1ccccc1Nc1nc(N)nc(COC(=O)c2cc(C)[nH]c(=O)c2)n1. The molecule has 0 aliphatic rings. The maximum atomic E-state index is 12.2. The number of nitrogens with one attached hydrogen (secondary N) is 2. The van der Waals surface area contributed by atoms with Crippen molar-refractivity contribution in [1.82, 2.24) is 19.9 Å². The number of nitrogens with zero attached hydrogens (tertiary/aromatic N) is 3. The summed E-state index contributed by atoms with van der Waals surface area (Å²) in [5.74, 6) is -0.200. The number of ether oxygens (including phenoxy) is 1. The molecule has 3 aromatic rings. The number of pyridine rings is 1. The summed E-state index contributed by atoms with van der Waals surface area (Å²) in [5.41, 5.74) is 8.04. The molecule has 0 unspecified atom stereocenters. The molecule has 28 heavy (non-hydrogen) atoms. The Hall–Kier alpha value is -3.75. The van der Waals surface area contributed by atoms with E-state index in [2.05, 4.69) is 25.3 Å². The highest BCUT2D eigenvalue weighted by molar-refractivity contribution is 5.89. The molecule has 0 aliphatic heterocycles. The smallest absolute Gasteiger partial charge is 0.338 e. The predicted octanol–water partition coefficient (Wildman–Crippen LogP) is 2.11. The zero-order valence-electron chi connectivity index (χ0n) is 15.5. The van der Waals surface area contributed by atoms with E-state index < -0.39 is 5.97 Å². The fraction of sp³-hybridized carbons (Fsp3) is 0.211. The second kappa shape index (κ2) is 8.30. The number of nitrogen functional groups attached to an aromatic ring is 1. The molecule has 0 atom stereocenters. The first-order chi connectivity index (χ1) is 13.4. The molecule has 0 saturated heterocycles. The van der Waals surface area contributed by atoms with Crippen LogP contribution >= 0.6 is 0 Å². The highest BCUT2D eigenvalue weighted by Gasteiger charge is 2.12. The highest BCUT2D eigenvalue weighted by atomic mass is 16.5. The summed E-state index contributed by atoms with van der Waals surface area (Å²) < 4.78 is 5.20. The van der Waals surface area contributed by atoms with Crippen LogP contribution in [-0.4, -0.2) is 25.9 Å². The standard InChI is InChI=1S/C19H20N6O3/c1-3-12-6-4-5-7-14(12)22-19-24-15(23-18(20)25-19)10-28-17(27)13-8-11(2)21-16(26)9-13/h4-9H,3,10H2,1-2H3,(H,21,26)(H3,20,22,23,24,25). The molecular formula is C19H20N6O3. The Morgan fingerprint density at radius 1 is 1.21 bits per heavy atom. The third kappa shape index (κ3) is 4.70. The Morgan fingerprint density at radius 3 is 2.75 bits per heavy atom. The van der Waals surface area contributed by atoms with Gasteiger partial charge in [0.25, 0.3) is 0 Å². The monoisotopic (exact) mass is 380 g/mol. The summed E-state index contributed by atoms with van der Waals surface area (Å²) in [6.07, 6.45) is 0.837. The summed E-state index contributed by atoms with van der Waals surface area (Å²) in [5, 5.41) is 3.11. The number of hydrogen-bond donors (Lipinski definition) is 3. The van der Waals surface area contributed by atoms with E-state index in [1.807, 2.05) is 31.2 Å². The molecule has 0 bridgehead atoms. The number of H-pyrrole nitrogens is 1. The molecule has 0 fully saturated rings. The number of carbonyl (C=O) groups excluding carboxylic acids is 1. The largest absolute Gasteiger partial charge is 0.454 e. The molecule has 2 aromatic heterocycles. The number of carbonyl (C=O) groups is 1. The van der Waals surface area contributed by atoms with Crippen LogP contribution in [0.1, 0.15) is 34.4 Å². The number of nitrogens with two attached hydrogens (primary N) is 1. The molecule has 144 valence electrons. The van der Waals surface area contributed by atoms with E-state index in [9.17, 15) is 9.59 Å². The summed E-state index contributed by atoms with van der Waals surface area (Å²) in [6, 6.07) is 10.5. The number of para-hydroxylation sites is 1. The molecule has 9 nitrogen and oxygen atoms in total. The van der Waals surface area contributed by atoms with Gasteiger partial charge in [-0.3, -0.25) is 4.79 Å². The Morgan fingerprint density at radius 2 is 2.00 bits per heavy atom. The maximum Gasteiger partial charge on any atom is 0.338 e. The van der Waals surface area contributed by atoms with E-state index in [0.29, 0.717) is 5.69 Å². The lowest BCUT2D eigenvalue weighted by Gasteiger charge is -2.11. The Balaban J connectivity index is 1.74. The average Bonchev–Trinajstić information content (AvgIpc) is 2.65. The van der Waals surface area contributed by atoms with Crippen molar-refractivity contribution in [2.75, 3.05) is 11.1 Å². The van der Waals surface area contributed by atoms with Gasteiger partial charge in [0, 0.05) is 17.4 Å². The van der Waals surface area contributed by atoms with Crippen LogP contribution in [0.4, 0.5) is 17.6 Å². The van der Waals surface area contributed by atoms with Crippen molar-refractivity contribution in [3.05, 3.63) is 69.4 Å². The summed E-state index contributed by atoms with van der Waals surface area (Å²) >= 11 is 0. The van der Waals surface area contributed by atoms with Crippen LogP contribution in [0.25, 0.3) is 0 Å². The van der Waals surface area contributed by atoms with Gasteiger partial charge >= 0.3 is 5.97 Å². The number of anilines is 3. The molecule has 0 spiro atoms. The summed E-state index contributed by atoms with van der Waals surface area (Å²) in [4.78, 5) is 38.5. The normalized spacial score (nSPS) is 10.5. The first-order valence-corrected chi connectivity index (χ1v) is 8.68. The molecule has 0 saturated carbocycles. The van der Waals surface area contributed by atoms with Crippen LogP contribution in [0.3, 0.4) is 0 Å². The van der Waals surface area contributed by atoms with E-state index in [0.717, 1.165) is 17.7 Å². The zero-order valence-corrected chi connectivity index (χ0v) is 15.5. The Bertz CT molecular complexity index is 1060. The maximum absolute atomic E-state index is 12.2. The number of esters is 1. The molecule has 0 radical (unpaired) electrons. The van der Waals surface area contributed by atoms with Crippen molar-refractivity contribution in [2.24, 2.45) is 0 Å². The zero-order chi connectivity index (χ0) is 20.1. The van der Waals surface area contributed by atoms with Gasteiger partial charge in [-0.1, -0.05) is 25.1 Å². The lowest BCUT2D eigenvalue weighted by atomic mass is 10.1. The molecule has 2 heterocycles. The minimum absolute atomic E-state index is 0.00419. The third-order valence-corrected chi connectivity index (χ3v) is 3.89. The first kappa shape index (κ1) is 19.0. The Kier molecular flexibility index (Phi) is 5.64. The van der Waals surface area contributed by atoms with E-state index in [1.54, 1.807) is 6.92 Å². The van der Waals surface area contributed by atoms with E-state index in [4.69, 9.17) is 10.5 Å². The van der Waals surface area contributed by atoms with Crippen LogP contribution in [-0.2, 0) is 17.8 Å². The number of aromatic nitrogens is 4. The van der Waals surface area contributed by atoms with Crippen molar-refractivity contribution in [2.45, 2.75) is 26.9 Å². The van der Waals surface area contributed by atoms with Gasteiger partial charge in [0.2, 0.25) is 17.5 Å². The van der Waals surface area contributed by atoms with Gasteiger partial charge in [0.1, 0.15) is 0 Å². The van der Waals surface area contributed by atoms with Crippen LogP contribution in [0.5, 0.6) is 0 Å². The van der Waals surface area contributed by atoms with Crippen LogP contribution in [0.2, 0.25) is 0 Å². The molecule has 3 rings (SSSR count). The second-order valence-electron chi connectivity index (χ2n) is 6.06. The van der Waals surface area contributed by atoms with Gasteiger partial charge in [-0.05, 0) is 31.0 Å². The van der Waals surface area contributed by atoms with Crippen LogP contribution in [0.15, 0.2) is 41.2 Å². The summed E-state index contributed by atoms with van der Waals surface area (Å²) in [7, 11) is 0. The van der Waals surface area contributed by atoms with E-state index >= 15 is 0 Å². The van der Waals surface area contributed by atoms with Crippen molar-refractivity contribution < 1.29 is 9.53 Å². The minimum Gasteiger partial charge on any atom is -0.454 e. The third-order valence-electron chi connectivity index (χ3n) is 3.89. The summed E-state index contributed by atoms with van der Waals surface area (Å²) in [6.45, 7) is 3.52. The van der Waals surface area contributed by atoms with Crippen molar-refractivity contribution >= 4 is 23.6 Å². The van der Waals surface area contributed by atoms with Gasteiger partial charge < -0.3 is 20.8 Å². The molecule has 0 amide bonds. The number of hydrogen-bond acceptors (Lipinski definition) is 8. The minimum atomic E-state index is -0.654. The molecule has 9 heteroatoms. The number of aromatic amines is 1. The fourth-order valence-electron chi connectivity index (χ4n) is 2.64. The number of rotatable bonds is 6. The molecular weight excluding hydrogens is 360 g/mol. The van der Waals surface area contributed by atoms with E-state index in [-0.39, 0.29) is 35.5 Å². The van der Waals surface area contributed by atoms with Gasteiger partial charge in [-0.2, -0.15) is 15.0 Å². The van der Waals surface area contributed by atoms with Gasteiger partial charge in [-0.25, -0.2) is 4.79 Å². The topological polar surface area (TPSA) is 136 Å².